The summed E-state index contributed by atoms with van der Waals surface area (Å²) in [5, 5.41) is 3.42. The maximum Gasteiger partial charge on any atom is 0.165 e. The van der Waals surface area contributed by atoms with Crippen molar-refractivity contribution < 1.29 is 9.13 Å². The molecule has 0 heterocycles. The topological polar surface area (TPSA) is 47.3 Å². The number of benzene rings is 1. The van der Waals surface area contributed by atoms with Crippen molar-refractivity contribution in [1.29, 1.82) is 0 Å². The van der Waals surface area contributed by atoms with Crippen LogP contribution in [0.2, 0.25) is 0 Å². The molecule has 1 aromatic carbocycles. The Hall–Kier alpha value is -1.13. The standard InChI is InChI=1S/C15H25FN2O/c1-4-11(5-2)10-18-14(9-17)12-6-7-15(19-3)13(16)8-12/h6-8,11,14,18H,4-5,9-10,17H2,1-3H3. The van der Waals surface area contributed by atoms with Crippen LogP contribution in [0.3, 0.4) is 0 Å². The minimum Gasteiger partial charge on any atom is -0.494 e. The second-order valence-corrected chi connectivity index (χ2v) is 4.77. The Bertz CT molecular complexity index is 380. The summed E-state index contributed by atoms with van der Waals surface area (Å²) in [6, 6.07) is 4.99. The van der Waals surface area contributed by atoms with Gasteiger partial charge in [0.15, 0.2) is 11.6 Å². The molecule has 1 atom stereocenters. The third-order valence-electron chi connectivity index (χ3n) is 3.62. The van der Waals surface area contributed by atoms with Crippen LogP contribution in [0.15, 0.2) is 18.2 Å². The highest BCUT2D eigenvalue weighted by Gasteiger charge is 2.13. The van der Waals surface area contributed by atoms with Crippen LogP contribution in [-0.4, -0.2) is 20.2 Å². The molecule has 0 aromatic heterocycles. The molecule has 1 unspecified atom stereocenters. The van der Waals surface area contributed by atoms with Crippen molar-refractivity contribution in [1.82, 2.24) is 5.32 Å². The Kier molecular flexibility index (Phi) is 6.81. The van der Waals surface area contributed by atoms with Crippen LogP contribution in [0.25, 0.3) is 0 Å². The normalized spacial score (nSPS) is 12.7. The van der Waals surface area contributed by atoms with Crippen LogP contribution in [0.1, 0.15) is 38.3 Å². The minimum atomic E-state index is -0.345. The van der Waals surface area contributed by atoms with Crippen molar-refractivity contribution in [2.45, 2.75) is 32.7 Å². The minimum absolute atomic E-state index is 0.0130. The van der Waals surface area contributed by atoms with E-state index in [0.717, 1.165) is 24.9 Å². The van der Waals surface area contributed by atoms with E-state index >= 15 is 0 Å². The van der Waals surface area contributed by atoms with Gasteiger partial charge in [-0.3, -0.25) is 0 Å². The first-order chi connectivity index (χ1) is 9.15. The lowest BCUT2D eigenvalue weighted by molar-refractivity contribution is 0.384. The fourth-order valence-corrected chi connectivity index (χ4v) is 2.12. The van der Waals surface area contributed by atoms with Gasteiger partial charge in [0.25, 0.3) is 0 Å². The molecule has 0 saturated heterocycles. The van der Waals surface area contributed by atoms with Gasteiger partial charge in [0.1, 0.15) is 0 Å². The highest BCUT2D eigenvalue weighted by molar-refractivity contribution is 5.31. The maximum atomic E-state index is 13.7. The Balaban J connectivity index is 2.71. The Morgan fingerprint density at radius 2 is 2.00 bits per heavy atom. The van der Waals surface area contributed by atoms with Crippen molar-refractivity contribution in [2.24, 2.45) is 11.7 Å². The average molecular weight is 268 g/mol. The summed E-state index contributed by atoms with van der Waals surface area (Å²) in [5.41, 5.74) is 6.65. The van der Waals surface area contributed by atoms with Crippen LogP contribution < -0.4 is 15.8 Å². The third-order valence-corrected chi connectivity index (χ3v) is 3.62. The molecule has 3 nitrogen and oxygen atoms in total. The van der Waals surface area contributed by atoms with Crippen molar-refractivity contribution in [2.75, 3.05) is 20.2 Å². The molecule has 19 heavy (non-hydrogen) atoms. The third kappa shape index (κ3) is 4.48. The van der Waals surface area contributed by atoms with Crippen LogP contribution in [0.5, 0.6) is 5.75 Å². The molecule has 0 bridgehead atoms. The molecule has 0 aliphatic carbocycles. The van der Waals surface area contributed by atoms with Gasteiger partial charge in [-0.15, -0.1) is 0 Å². The molecule has 0 saturated carbocycles. The zero-order valence-corrected chi connectivity index (χ0v) is 12.1. The van der Waals surface area contributed by atoms with E-state index in [0.29, 0.717) is 12.5 Å². The first kappa shape index (κ1) is 15.9. The Morgan fingerprint density at radius 1 is 1.32 bits per heavy atom. The van der Waals surface area contributed by atoms with Gasteiger partial charge in [-0.25, -0.2) is 4.39 Å². The zero-order valence-electron chi connectivity index (χ0n) is 12.1. The van der Waals surface area contributed by atoms with Crippen LogP contribution in [0.4, 0.5) is 4.39 Å². The van der Waals surface area contributed by atoms with E-state index in [9.17, 15) is 4.39 Å². The number of ether oxygens (including phenoxy) is 1. The average Bonchev–Trinajstić information content (AvgIpc) is 2.44. The largest absolute Gasteiger partial charge is 0.494 e. The van der Waals surface area contributed by atoms with E-state index in [4.69, 9.17) is 10.5 Å². The number of rotatable bonds is 8. The van der Waals surface area contributed by atoms with Gasteiger partial charge >= 0.3 is 0 Å². The summed E-state index contributed by atoms with van der Waals surface area (Å²) in [7, 11) is 1.46. The lowest BCUT2D eigenvalue weighted by Crippen LogP contribution is -2.32. The number of hydrogen-bond donors (Lipinski definition) is 2. The molecule has 1 rings (SSSR count). The van der Waals surface area contributed by atoms with E-state index in [1.807, 2.05) is 6.07 Å². The highest BCUT2D eigenvalue weighted by atomic mass is 19.1. The summed E-state index contributed by atoms with van der Waals surface area (Å²) in [5.74, 6) is 0.555. The molecule has 4 heteroatoms. The predicted octanol–water partition coefficient (Wildman–Crippen LogP) is 2.86. The Labute approximate surface area is 115 Å². The van der Waals surface area contributed by atoms with Crippen LogP contribution in [0, 0.1) is 11.7 Å². The van der Waals surface area contributed by atoms with Gasteiger partial charge in [0, 0.05) is 12.6 Å². The van der Waals surface area contributed by atoms with E-state index in [1.165, 1.54) is 13.2 Å². The summed E-state index contributed by atoms with van der Waals surface area (Å²) >= 11 is 0. The molecule has 0 fully saturated rings. The van der Waals surface area contributed by atoms with Gasteiger partial charge in [-0.05, 0) is 30.2 Å². The predicted molar refractivity (Wildman–Crippen MR) is 76.8 cm³/mol. The number of methoxy groups -OCH3 is 1. The first-order valence-corrected chi connectivity index (χ1v) is 6.93. The van der Waals surface area contributed by atoms with E-state index in [1.54, 1.807) is 6.07 Å². The Morgan fingerprint density at radius 3 is 2.47 bits per heavy atom. The SMILES string of the molecule is CCC(CC)CNC(CN)c1ccc(OC)c(F)c1. The molecular formula is C15H25FN2O. The van der Waals surface area contributed by atoms with Crippen molar-refractivity contribution in [3.05, 3.63) is 29.6 Å². The maximum absolute atomic E-state index is 13.7. The summed E-state index contributed by atoms with van der Waals surface area (Å²) < 4.78 is 18.6. The number of nitrogens with one attached hydrogen (secondary N) is 1. The van der Waals surface area contributed by atoms with Crippen molar-refractivity contribution >= 4 is 0 Å². The fraction of sp³-hybridized carbons (Fsp3) is 0.600. The second-order valence-electron chi connectivity index (χ2n) is 4.77. The molecule has 0 spiro atoms. The number of nitrogens with two attached hydrogens (primary N) is 1. The van der Waals surface area contributed by atoms with Gasteiger partial charge in [-0.1, -0.05) is 32.8 Å². The molecule has 0 amide bonds. The monoisotopic (exact) mass is 268 g/mol. The van der Waals surface area contributed by atoms with Crippen molar-refractivity contribution in [3.63, 3.8) is 0 Å². The van der Waals surface area contributed by atoms with Crippen molar-refractivity contribution in [3.8, 4) is 5.75 Å². The fourth-order valence-electron chi connectivity index (χ4n) is 2.12. The lowest BCUT2D eigenvalue weighted by atomic mass is 10.0. The smallest absolute Gasteiger partial charge is 0.165 e. The quantitative estimate of drug-likeness (QED) is 0.762. The van der Waals surface area contributed by atoms with Gasteiger partial charge in [0.2, 0.25) is 0 Å². The summed E-state index contributed by atoms with van der Waals surface area (Å²) in [6.07, 6.45) is 2.27. The molecule has 0 radical (unpaired) electrons. The van der Waals surface area contributed by atoms with Gasteiger partial charge < -0.3 is 15.8 Å². The van der Waals surface area contributed by atoms with Crippen LogP contribution >= 0.6 is 0 Å². The number of halogens is 1. The van der Waals surface area contributed by atoms with Gasteiger partial charge in [0.05, 0.1) is 7.11 Å². The second kappa shape index (κ2) is 8.12. The summed E-state index contributed by atoms with van der Waals surface area (Å²) in [4.78, 5) is 0. The number of hydrogen-bond acceptors (Lipinski definition) is 3. The van der Waals surface area contributed by atoms with E-state index < -0.39 is 0 Å². The van der Waals surface area contributed by atoms with Crippen LogP contribution in [-0.2, 0) is 0 Å². The highest BCUT2D eigenvalue weighted by Crippen LogP contribution is 2.21. The van der Waals surface area contributed by atoms with E-state index in [2.05, 4.69) is 19.2 Å². The molecule has 0 aliphatic heterocycles. The molecular weight excluding hydrogens is 243 g/mol. The molecule has 1 aromatic rings. The molecule has 0 aliphatic rings. The summed E-state index contributed by atoms with van der Waals surface area (Å²) in [6.45, 7) is 5.72. The molecule has 108 valence electrons. The van der Waals surface area contributed by atoms with Gasteiger partial charge in [-0.2, -0.15) is 0 Å². The lowest BCUT2D eigenvalue weighted by Gasteiger charge is -2.21. The first-order valence-electron chi connectivity index (χ1n) is 6.93. The zero-order chi connectivity index (χ0) is 14.3. The molecule has 3 N–H and O–H groups in total. The van der Waals surface area contributed by atoms with E-state index in [-0.39, 0.29) is 17.6 Å².